The van der Waals surface area contributed by atoms with Gasteiger partial charge in [0.2, 0.25) is 5.91 Å². The van der Waals surface area contributed by atoms with Crippen LogP contribution in [-0.4, -0.2) is 13.0 Å². The summed E-state index contributed by atoms with van der Waals surface area (Å²) >= 11 is 0. The maximum Gasteiger partial charge on any atom is 0.228 e. The van der Waals surface area contributed by atoms with E-state index in [2.05, 4.69) is 23.5 Å². The molecule has 0 saturated heterocycles. The standard InChI is InChI=1S/C18H19NO2/c1-12-8-14-11-15(10-13-6-4-3-5-7-13)18(20)19-17(14)16(9-12)21-2/h3-9,15H,10-11H2,1-2H3,(H,19,20). The first-order valence-electron chi connectivity index (χ1n) is 7.19. The van der Waals surface area contributed by atoms with E-state index < -0.39 is 0 Å². The fraction of sp³-hybridized carbons (Fsp3) is 0.278. The first-order chi connectivity index (χ1) is 10.2. The Kier molecular flexibility index (Phi) is 3.65. The molecule has 0 aromatic heterocycles. The number of aryl methyl sites for hydroxylation is 1. The quantitative estimate of drug-likeness (QED) is 0.937. The number of anilines is 1. The molecule has 0 fully saturated rings. The molecule has 1 N–H and O–H groups in total. The first-order valence-corrected chi connectivity index (χ1v) is 7.19. The Morgan fingerprint density at radius 1 is 1.24 bits per heavy atom. The number of methoxy groups -OCH3 is 1. The van der Waals surface area contributed by atoms with Gasteiger partial charge in [-0.25, -0.2) is 0 Å². The Bertz CT molecular complexity index is 664. The number of hydrogen-bond donors (Lipinski definition) is 1. The zero-order valence-corrected chi connectivity index (χ0v) is 12.3. The first kappa shape index (κ1) is 13.7. The number of carbonyl (C=O) groups excluding carboxylic acids is 1. The number of ether oxygens (including phenoxy) is 1. The molecule has 21 heavy (non-hydrogen) atoms. The molecule has 1 aliphatic heterocycles. The lowest BCUT2D eigenvalue weighted by molar-refractivity contribution is -0.120. The number of rotatable bonds is 3. The van der Waals surface area contributed by atoms with E-state index >= 15 is 0 Å². The van der Waals surface area contributed by atoms with E-state index in [1.807, 2.05) is 31.2 Å². The SMILES string of the molecule is COc1cc(C)cc2c1NC(=O)C(Cc1ccccc1)C2. The van der Waals surface area contributed by atoms with E-state index in [9.17, 15) is 4.79 Å². The van der Waals surface area contributed by atoms with Gasteiger partial charge in [-0.05, 0) is 42.5 Å². The minimum Gasteiger partial charge on any atom is -0.495 e. The molecule has 3 heteroatoms. The van der Waals surface area contributed by atoms with Crippen molar-refractivity contribution in [1.82, 2.24) is 0 Å². The summed E-state index contributed by atoms with van der Waals surface area (Å²) < 4.78 is 5.38. The molecule has 0 saturated carbocycles. The fourth-order valence-electron chi connectivity index (χ4n) is 2.94. The van der Waals surface area contributed by atoms with Gasteiger partial charge in [-0.3, -0.25) is 4.79 Å². The van der Waals surface area contributed by atoms with Crippen LogP contribution in [-0.2, 0) is 17.6 Å². The highest BCUT2D eigenvalue weighted by Crippen LogP contribution is 2.36. The Morgan fingerprint density at radius 3 is 2.71 bits per heavy atom. The Balaban J connectivity index is 1.88. The third-order valence-corrected chi connectivity index (χ3v) is 3.96. The highest BCUT2D eigenvalue weighted by molar-refractivity contribution is 5.97. The van der Waals surface area contributed by atoms with Gasteiger partial charge < -0.3 is 10.1 Å². The van der Waals surface area contributed by atoms with Crippen LogP contribution < -0.4 is 10.1 Å². The molecule has 3 rings (SSSR count). The predicted octanol–water partition coefficient (Wildman–Crippen LogP) is 3.36. The average molecular weight is 281 g/mol. The minimum absolute atomic E-state index is 0.0218. The second-order valence-electron chi connectivity index (χ2n) is 5.58. The number of carbonyl (C=O) groups is 1. The van der Waals surface area contributed by atoms with Gasteiger partial charge in [0.05, 0.1) is 12.8 Å². The molecular formula is C18H19NO2. The van der Waals surface area contributed by atoms with Crippen LogP contribution in [0.2, 0.25) is 0 Å². The molecule has 3 nitrogen and oxygen atoms in total. The molecule has 108 valence electrons. The summed E-state index contributed by atoms with van der Waals surface area (Å²) in [5, 5.41) is 3.01. The van der Waals surface area contributed by atoms with Gasteiger partial charge in [0, 0.05) is 5.92 Å². The van der Waals surface area contributed by atoms with Gasteiger partial charge in [-0.1, -0.05) is 36.4 Å². The monoisotopic (exact) mass is 281 g/mol. The van der Waals surface area contributed by atoms with E-state index in [-0.39, 0.29) is 11.8 Å². The van der Waals surface area contributed by atoms with Crippen molar-refractivity contribution in [3.05, 3.63) is 59.2 Å². The maximum absolute atomic E-state index is 12.3. The molecule has 1 heterocycles. The highest BCUT2D eigenvalue weighted by atomic mass is 16.5. The van der Waals surface area contributed by atoms with Crippen LogP contribution in [0.25, 0.3) is 0 Å². The third-order valence-electron chi connectivity index (χ3n) is 3.96. The molecule has 0 aliphatic carbocycles. The topological polar surface area (TPSA) is 38.3 Å². The van der Waals surface area contributed by atoms with Crippen molar-refractivity contribution in [2.45, 2.75) is 19.8 Å². The van der Waals surface area contributed by atoms with E-state index in [4.69, 9.17) is 4.74 Å². The number of nitrogens with one attached hydrogen (secondary N) is 1. The molecule has 2 aromatic carbocycles. The van der Waals surface area contributed by atoms with Gasteiger partial charge in [-0.2, -0.15) is 0 Å². The van der Waals surface area contributed by atoms with Crippen LogP contribution in [0.4, 0.5) is 5.69 Å². The summed E-state index contributed by atoms with van der Waals surface area (Å²) in [6.45, 7) is 2.05. The normalized spacial score (nSPS) is 17.0. The van der Waals surface area contributed by atoms with Crippen LogP contribution in [0.5, 0.6) is 5.75 Å². The van der Waals surface area contributed by atoms with Crippen molar-refractivity contribution in [3.63, 3.8) is 0 Å². The van der Waals surface area contributed by atoms with Crippen LogP contribution in [0.3, 0.4) is 0 Å². The average Bonchev–Trinajstić information content (AvgIpc) is 2.49. The molecule has 0 radical (unpaired) electrons. The maximum atomic E-state index is 12.3. The van der Waals surface area contributed by atoms with Crippen molar-refractivity contribution >= 4 is 11.6 Å². The van der Waals surface area contributed by atoms with Crippen LogP contribution in [0, 0.1) is 12.8 Å². The Hall–Kier alpha value is -2.29. The molecule has 1 atom stereocenters. The lowest BCUT2D eigenvalue weighted by atomic mass is 9.87. The van der Waals surface area contributed by atoms with Crippen molar-refractivity contribution in [3.8, 4) is 5.75 Å². The molecule has 2 aromatic rings. The molecule has 1 unspecified atom stereocenters. The van der Waals surface area contributed by atoms with Gasteiger partial charge in [0.25, 0.3) is 0 Å². The molecule has 1 aliphatic rings. The summed E-state index contributed by atoms with van der Waals surface area (Å²) in [7, 11) is 1.64. The van der Waals surface area contributed by atoms with Crippen LogP contribution >= 0.6 is 0 Å². The van der Waals surface area contributed by atoms with Crippen molar-refractivity contribution in [1.29, 1.82) is 0 Å². The van der Waals surface area contributed by atoms with Crippen molar-refractivity contribution < 1.29 is 9.53 Å². The number of amides is 1. The fourth-order valence-corrected chi connectivity index (χ4v) is 2.94. The summed E-state index contributed by atoms with van der Waals surface area (Å²) in [5.74, 6) is 0.802. The van der Waals surface area contributed by atoms with Crippen LogP contribution in [0.1, 0.15) is 16.7 Å². The zero-order chi connectivity index (χ0) is 14.8. The summed E-state index contributed by atoms with van der Waals surface area (Å²) in [4.78, 5) is 12.3. The summed E-state index contributed by atoms with van der Waals surface area (Å²) in [6.07, 6.45) is 1.52. The van der Waals surface area contributed by atoms with E-state index in [0.717, 1.165) is 35.4 Å². The number of hydrogen-bond acceptors (Lipinski definition) is 2. The van der Waals surface area contributed by atoms with Crippen LogP contribution in [0.15, 0.2) is 42.5 Å². The Morgan fingerprint density at radius 2 is 2.00 bits per heavy atom. The van der Waals surface area contributed by atoms with Gasteiger partial charge in [0.1, 0.15) is 5.75 Å². The molecule has 1 amide bonds. The van der Waals surface area contributed by atoms with E-state index in [1.165, 1.54) is 5.56 Å². The highest BCUT2D eigenvalue weighted by Gasteiger charge is 2.28. The largest absolute Gasteiger partial charge is 0.495 e. The van der Waals surface area contributed by atoms with E-state index in [0.29, 0.717) is 0 Å². The molecular weight excluding hydrogens is 262 g/mol. The third kappa shape index (κ3) is 2.77. The molecule has 0 spiro atoms. The second-order valence-corrected chi connectivity index (χ2v) is 5.58. The second kappa shape index (κ2) is 5.60. The predicted molar refractivity (Wildman–Crippen MR) is 83.7 cm³/mol. The van der Waals surface area contributed by atoms with Gasteiger partial charge >= 0.3 is 0 Å². The summed E-state index contributed by atoms with van der Waals surface area (Å²) in [5.41, 5.74) is 4.34. The van der Waals surface area contributed by atoms with Gasteiger partial charge in [0.15, 0.2) is 0 Å². The molecule has 0 bridgehead atoms. The zero-order valence-electron chi connectivity index (χ0n) is 12.3. The van der Waals surface area contributed by atoms with Gasteiger partial charge in [-0.15, -0.1) is 0 Å². The van der Waals surface area contributed by atoms with Crippen molar-refractivity contribution in [2.75, 3.05) is 12.4 Å². The smallest absolute Gasteiger partial charge is 0.228 e. The lowest BCUT2D eigenvalue weighted by Gasteiger charge is -2.26. The van der Waals surface area contributed by atoms with E-state index in [1.54, 1.807) is 7.11 Å². The minimum atomic E-state index is -0.0218. The lowest BCUT2D eigenvalue weighted by Crippen LogP contribution is -2.31. The number of fused-ring (bicyclic) bond motifs is 1. The number of benzene rings is 2. The Labute approximate surface area is 124 Å². The van der Waals surface area contributed by atoms with Crippen molar-refractivity contribution in [2.24, 2.45) is 5.92 Å². The summed E-state index contributed by atoms with van der Waals surface area (Å²) in [6, 6.07) is 14.2.